The topological polar surface area (TPSA) is 255 Å². The molecular formula is C80H83ClN12O10. The molecule has 0 fully saturated rings. The van der Waals surface area contributed by atoms with E-state index in [-0.39, 0.29) is 36.3 Å². The van der Waals surface area contributed by atoms with E-state index in [1.807, 2.05) is 110 Å². The fourth-order valence-electron chi connectivity index (χ4n) is 14.9. The fourth-order valence-corrected chi connectivity index (χ4v) is 15.1. The minimum absolute atomic E-state index is 0.102. The number of aromatic nitrogens is 12. The van der Waals surface area contributed by atoms with E-state index in [1.165, 1.54) is 20.3 Å². The van der Waals surface area contributed by atoms with Crippen molar-refractivity contribution in [3.63, 3.8) is 0 Å². The van der Waals surface area contributed by atoms with Crippen LogP contribution in [0.4, 0.5) is 0 Å². The van der Waals surface area contributed by atoms with Gasteiger partial charge in [-0.2, -0.15) is 0 Å². The van der Waals surface area contributed by atoms with E-state index in [1.54, 1.807) is 73.9 Å². The lowest BCUT2D eigenvalue weighted by Gasteiger charge is -2.17. The van der Waals surface area contributed by atoms with Crippen LogP contribution in [0, 0.1) is 48.5 Å². The normalized spacial score (nSPS) is 12.5. The maximum Gasteiger partial charge on any atom is 0.331 e. The first-order valence-corrected chi connectivity index (χ1v) is 34.5. The van der Waals surface area contributed by atoms with Gasteiger partial charge in [0.15, 0.2) is 16.9 Å². The highest BCUT2D eigenvalue weighted by Gasteiger charge is 2.30. The number of hydrogen-bond acceptors (Lipinski definition) is 10. The average molecular weight is 1410 g/mol. The third kappa shape index (κ3) is 14.1. The molecule has 22 nitrogen and oxygen atoms in total. The van der Waals surface area contributed by atoms with Crippen molar-refractivity contribution >= 4 is 95.7 Å². The second-order valence-electron chi connectivity index (χ2n) is 26.9. The molecule has 0 bridgehead atoms. The summed E-state index contributed by atoms with van der Waals surface area (Å²) in [6.45, 7) is 17.0. The lowest BCUT2D eigenvalue weighted by Crippen LogP contribution is -2.30. The number of benzene rings is 5. The van der Waals surface area contributed by atoms with E-state index < -0.39 is 36.0 Å². The fraction of sp³-hybridized carbons (Fsp3) is 0.287. The van der Waals surface area contributed by atoms with Gasteiger partial charge >= 0.3 is 35.0 Å². The number of pyridine rings is 3. The van der Waals surface area contributed by atoms with Crippen molar-refractivity contribution in [3.8, 4) is 5.75 Å². The number of hydrogen-bond donors (Lipinski definition) is 3. The second kappa shape index (κ2) is 29.2. The Kier molecular flexibility index (Phi) is 20.2. The molecule has 0 amide bonds. The van der Waals surface area contributed by atoms with Crippen molar-refractivity contribution in [3.05, 3.63) is 256 Å². The molecule has 0 saturated carbocycles. The lowest BCUT2D eigenvalue weighted by atomic mass is 10.0. The molecule has 0 radical (unpaired) electrons. The van der Waals surface area contributed by atoms with Gasteiger partial charge in [-0.15, -0.1) is 0 Å². The van der Waals surface area contributed by atoms with Crippen LogP contribution in [0.15, 0.2) is 166 Å². The molecule has 23 heteroatoms. The number of nitrogens with zero attached hydrogens (tertiary/aromatic N) is 12. The van der Waals surface area contributed by atoms with Crippen LogP contribution in [0.5, 0.6) is 5.75 Å². The summed E-state index contributed by atoms with van der Waals surface area (Å²) in [5, 5.41) is 32.8. The SMILES string of the molecule is CCC[C@@H](CC(=O)O)n1c(=O)n(Cc2cn(C)c3cc(C)cc(C)c23)c2ccc(C)nc21.COc1ccc([C@@H](CC(=O)O)n2c(=O)n(Cc3cn(C)c4cccc(C)c34)c3ccc(C)nc32)cc1.Cc1ccc2c(n1)n([C@H](CC(=O)O)c1cccc(Cl)c1)c(=O)n2Cc1cn(C)c2cccc(C)c12. The van der Waals surface area contributed by atoms with Crippen LogP contribution in [0.3, 0.4) is 0 Å². The van der Waals surface area contributed by atoms with Crippen LogP contribution in [0.25, 0.3) is 66.2 Å². The summed E-state index contributed by atoms with van der Waals surface area (Å²) in [4.78, 5) is 91.0. The van der Waals surface area contributed by atoms with Crippen molar-refractivity contribution in [1.29, 1.82) is 0 Å². The third-order valence-corrected chi connectivity index (χ3v) is 19.7. The van der Waals surface area contributed by atoms with Crippen molar-refractivity contribution in [1.82, 2.24) is 56.1 Å². The maximum absolute atomic E-state index is 14.0. The summed E-state index contributed by atoms with van der Waals surface area (Å²) in [5.74, 6) is -2.27. The van der Waals surface area contributed by atoms with Gasteiger partial charge in [0.25, 0.3) is 0 Å². The summed E-state index contributed by atoms with van der Waals surface area (Å²) >= 11 is 6.22. The number of carboxylic acid groups (broad SMARTS) is 3. The van der Waals surface area contributed by atoms with Gasteiger partial charge in [-0.05, 0) is 184 Å². The van der Waals surface area contributed by atoms with Crippen LogP contribution < -0.4 is 21.8 Å². The van der Waals surface area contributed by atoms with Crippen molar-refractivity contribution in [2.75, 3.05) is 7.11 Å². The first kappa shape index (κ1) is 71.3. The molecule has 0 aliphatic carbocycles. The first-order chi connectivity index (χ1) is 49.2. The molecule has 9 heterocycles. The van der Waals surface area contributed by atoms with E-state index in [4.69, 9.17) is 21.3 Å². The Morgan fingerprint density at radius 3 is 1.29 bits per heavy atom. The molecule has 14 rings (SSSR count). The number of imidazole rings is 3. The highest BCUT2D eigenvalue weighted by molar-refractivity contribution is 6.30. The Labute approximate surface area is 598 Å². The molecular weight excluding hydrogens is 1320 g/mol. The molecule has 5 aromatic carbocycles. The number of carboxylic acids is 3. The summed E-state index contributed by atoms with van der Waals surface area (Å²) in [7, 11) is 7.58. The highest BCUT2D eigenvalue weighted by Crippen LogP contribution is 2.34. The Morgan fingerprint density at radius 1 is 0.456 bits per heavy atom. The van der Waals surface area contributed by atoms with Crippen LogP contribution in [0.2, 0.25) is 5.02 Å². The Bertz CT molecular complexity index is 5830. The molecule has 9 aromatic heterocycles. The molecule has 0 aliphatic heterocycles. The highest BCUT2D eigenvalue weighted by atomic mass is 35.5. The van der Waals surface area contributed by atoms with Gasteiger partial charge in [0.1, 0.15) is 5.75 Å². The number of fused-ring (bicyclic) bond motifs is 6. The Hall–Kier alpha value is -11.5. The molecule has 0 saturated heterocycles. The van der Waals surface area contributed by atoms with Crippen LogP contribution in [0.1, 0.15) is 124 Å². The summed E-state index contributed by atoms with van der Waals surface area (Å²) in [6, 6.07) is 40.1. The molecule has 14 aromatic rings. The standard InChI is InChI=1S/C28H28N4O4.C27H25ClN4O3.C25H30N4O3/c1-17-6-5-7-22-26(17)20(15-30(22)3)16-31-23-13-8-18(2)29-27(23)32(28(31)35)24(14-25(33)34)19-9-11-21(36-4)12-10-19;1-16-6-4-9-21-25(16)19(14-30(21)3)15-31-22-11-10-17(2)29-26(22)32(27(31)35)23(13-24(33)34)18-7-5-8-20(28)12-18;1-6-7-19(12-22(30)31)29-24-20(9-8-17(4)26-24)28(25(29)32)14-18-13-27(5)21-11-15(2)10-16(3)23(18)21/h5-13,15,24H,14,16H2,1-4H3,(H,33,34);4-12,14,23H,13,15H2,1-3H3,(H,33,34);8-11,13,19H,6-7,12,14H2,1-5H3,(H,30,31)/t24-;23-;19-/m110/s1. The summed E-state index contributed by atoms with van der Waals surface area (Å²) in [6.07, 6.45) is 6.92. The van der Waals surface area contributed by atoms with Crippen LogP contribution in [-0.4, -0.2) is 96.4 Å². The third-order valence-electron chi connectivity index (χ3n) is 19.4. The van der Waals surface area contributed by atoms with E-state index in [0.717, 1.165) is 89.5 Å². The zero-order valence-electron chi connectivity index (χ0n) is 59.8. The quantitative estimate of drug-likeness (QED) is 0.0642. The maximum atomic E-state index is 14.0. The van der Waals surface area contributed by atoms with E-state index in [0.29, 0.717) is 75.9 Å². The van der Waals surface area contributed by atoms with Crippen molar-refractivity contribution < 1.29 is 34.4 Å². The number of methoxy groups -OCH3 is 1. The lowest BCUT2D eigenvalue weighted by molar-refractivity contribution is -0.138. The van der Waals surface area contributed by atoms with Crippen molar-refractivity contribution in [2.45, 2.75) is 125 Å². The largest absolute Gasteiger partial charge is 0.497 e. The molecule has 3 atom stereocenters. The molecule has 530 valence electrons. The van der Waals surface area contributed by atoms with Crippen molar-refractivity contribution in [2.24, 2.45) is 21.1 Å². The minimum atomic E-state index is -1.01. The Morgan fingerprint density at radius 2 is 0.864 bits per heavy atom. The number of halogens is 1. The number of aryl methyl sites for hydroxylation is 10. The zero-order valence-corrected chi connectivity index (χ0v) is 60.5. The molecule has 103 heavy (non-hydrogen) atoms. The number of carbonyl (C=O) groups is 3. The van der Waals surface area contributed by atoms with Crippen LogP contribution in [-0.2, 0) is 55.2 Å². The average Bonchev–Trinajstić information content (AvgIpc) is 1.61. The van der Waals surface area contributed by atoms with Gasteiger partial charge in [0.05, 0.1) is 80.7 Å². The van der Waals surface area contributed by atoms with Gasteiger partial charge in [-0.1, -0.05) is 79.5 Å². The van der Waals surface area contributed by atoms with Gasteiger partial charge in [0, 0.05) is 94.5 Å². The second-order valence-corrected chi connectivity index (χ2v) is 27.3. The van der Waals surface area contributed by atoms with Gasteiger partial charge in [-0.3, -0.25) is 41.8 Å². The Balaban J connectivity index is 0.000000146. The van der Waals surface area contributed by atoms with Gasteiger partial charge < -0.3 is 33.8 Å². The smallest absolute Gasteiger partial charge is 0.331 e. The van der Waals surface area contributed by atoms with Gasteiger partial charge in [0.2, 0.25) is 0 Å². The number of rotatable bonds is 20. The first-order valence-electron chi connectivity index (χ1n) is 34.2. The monoisotopic (exact) mass is 1410 g/mol. The summed E-state index contributed by atoms with van der Waals surface area (Å²) < 4.78 is 21.2. The number of aliphatic carboxylic acids is 3. The summed E-state index contributed by atoms with van der Waals surface area (Å²) in [5.41, 5.74) is 17.4. The zero-order chi connectivity index (χ0) is 73.6. The minimum Gasteiger partial charge on any atom is -0.497 e. The molecule has 0 aliphatic rings. The number of ether oxygens (including phenoxy) is 1. The predicted molar refractivity (Wildman–Crippen MR) is 403 cm³/mol. The van der Waals surface area contributed by atoms with Crippen LogP contribution >= 0.6 is 11.6 Å². The van der Waals surface area contributed by atoms with E-state index in [2.05, 4.69) is 94.0 Å². The molecule has 3 N–H and O–H groups in total. The van der Waals surface area contributed by atoms with E-state index >= 15 is 0 Å². The van der Waals surface area contributed by atoms with Gasteiger partial charge in [-0.25, -0.2) is 29.3 Å². The molecule has 0 unspecified atom stereocenters. The van der Waals surface area contributed by atoms with E-state index in [9.17, 15) is 44.1 Å². The molecule has 0 spiro atoms. The predicted octanol–water partition coefficient (Wildman–Crippen LogP) is 14.0.